The number of rotatable bonds is 6. The summed E-state index contributed by atoms with van der Waals surface area (Å²) in [4.78, 5) is 11.8. The highest BCUT2D eigenvalue weighted by atomic mass is 79.9. The maximum absolute atomic E-state index is 11.8. The Morgan fingerprint density at radius 1 is 1.35 bits per heavy atom. The molecule has 0 radical (unpaired) electrons. The monoisotopic (exact) mass is 297 g/mol. The fourth-order valence-electron chi connectivity index (χ4n) is 1.70. The molecule has 0 fully saturated rings. The van der Waals surface area contributed by atoms with Crippen LogP contribution in [0, 0.1) is 0 Å². The van der Waals surface area contributed by atoms with Crippen LogP contribution in [0.5, 0.6) is 0 Å². The summed E-state index contributed by atoms with van der Waals surface area (Å²) in [6.07, 6.45) is 2.59. The van der Waals surface area contributed by atoms with Crippen LogP contribution in [0.1, 0.15) is 38.7 Å². The van der Waals surface area contributed by atoms with E-state index < -0.39 is 0 Å². The van der Waals surface area contributed by atoms with Crippen molar-refractivity contribution in [3.8, 4) is 0 Å². The van der Waals surface area contributed by atoms with Gasteiger partial charge in [0.1, 0.15) is 0 Å². The van der Waals surface area contributed by atoms with Crippen LogP contribution >= 0.6 is 15.9 Å². The normalized spacial score (nSPS) is 14.1. The molecule has 0 heterocycles. The highest BCUT2D eigenvalue weighted by molar-refractivity contribution is 9.09. The summed E-state index contributed by atoms with van der Waals surface area (Å²) in [5.41, 5.74) is 0.799. The molecule has 0 aromatic heterocycles. The molecule has 1 aromatic rings. The molecule has 1 atom stereocenters. The number of amides is 1. The number of alkyl halides is 1. The van der Waals surface area contributed by atoms with E-state index in [1.165, 1.54) is 0 Å². The topological polar surface area (TPSA) is 29.1 Å². The molecule has 1 amide bonds. The van der Waals surface area contributed by atoms with Crippen LogP contribution in [0.2, 0.25) is 0 Å². The lowest BCUT2D eigenvalue weighted by Crippen LogP contribution is -2.44. The van der Waals surface area contributed by atoms with E-state index in [0.717, 1.165) is 18.4 Å². The van der Waals surface area contributed by atoms with Crippen molar-refractivity contribution in [1.29, 1.82) is 0 Å². The Morgan fingerprint density at radius 3 is 2.53 bits per heavy atom. The average Bonchev–Trinajstić information content (AvgIpc) is 2.37. The van der Waals surface area contributed by atoms with E-state index in [4.69, 9.17) is 0 Å². The molecule has 2 nitrogen and oxygen atoms in total. The lowest BCUT2D eigenvalue weighted by molar-refractivity contribution is -0.122. The minimum absolute atomic E-state index is 0.123. The molecule has 0 saturated carbocycles. The number of nitrogens with one attached hydrogen (secondary N) is 1. The van der Waals surface area contributed by atoms with Gasteiger partial charge in [-0.2, -0.15) is 0 Å². The highest BCUT2D eigenvalue weighted by Gasteiger charge is 2.26. The van der Waals surface area contributed by atoms with Gasteiger partial charge in [0.15, 0.2) is 0 Å². The van der Waals surface area contributed by atoms with E-state index in [0.29, 0.717) is 11.8 Å². The number of benzene rings is 1. The smallest absolute Gasteiger partial charge is 0.220 e. The van der Waals surface area contributed by atoms with Gasteiger partial charge < -0.3 is 5.32 Å². The van der Waals surface area contributed by atoms with Crippen LogP contribution in [-0.2, 0) is 10.3 Å². The summed E-state index contributed by atoms with van der Waals surface area (Å²) >= 11 is 3.49. The maximum atomic E-state index is 11.8. The van der Waals surface area contributed by atoms with E-state index in [9.17, 15) is 4.79 Å². The van der Waals surface area contributed by atoms with Crippen molar-refractivity contribution in [2.24, 2.45) is 0 Å². The van der Waals surface area contributed by atoms with Gasteiger partial charge in [-0.05, 0) is 18.9 Å². The van der Waals surface area contributed by atoms with Crippen molar-refractivity contribution >= 4 is 21.8 Å². The fraction of sp³-hybridized carbons (Fsp3) is 0.500. The molecule has 17 heavy (non-hydrogen) atoms. The van der Waals surface area contributed by atoms with Crippen molar-refractivity contribution < 1.29 is 4.79 Å². The quantitative estimate of drug-likeness (QED) is 0.799. The second kappa shape index (κ2) is 6.80. The Kier molecular flexibility index (Phi) is 5.69. The number of halogens is 1. The zero-order valence-electron chi connectivity index (χ0n) is 10.5. The molecule has 0 aliphatic rings. The summed E-state index contributed by atoms with van der Waals surface area (Å²) in [7, 11) is 0. The number of carbonyl (C=O) groups is 1. The number of hydrogen-bond donors (Lipinski definition) is 1. The predicted octanol–water partition coefficient (Wildman–Crippen LogP) is 3.60. The lowest BCUT2D eigenvalue weighted by Gasteiger charge is -2.29. The standard InChI is InChI=1S/C14H20BrNO/c1-3-4-10-13(17)16-14(2,11-15)12-8-6-5-7-9-12/h5-9H,3-4,10-11H2,1-2H3,(H,16,17). The molecular weight excluding hydrogens is 278 g/mol. The third-order valence-electron chi connectivity index (χ3n) is 2.85. The van der Waals surface area contributed by atoms with E-state index in [-0.39, 0.29) is 11.4 Å². The number of unbranched alkanes of at least 4 members (excludes halogenated alkanes) is 1. The SMILES string of the molecule is CCCCC(=O)NC(C)(CBr)c1ccccc1. The van der Waals surface area contributed by atoms with E-state index in [2.05, 4.69) is 28.2 Å². The van der Waals surface area contributed by atoms with Crippen molar-refractivity contribution in [2.45, 2.75) is 38.6 Å². The molecule has 94 valence electrons. The first-order valence-electron chi connectivity index (χ1n) is 6.05. The molecule has 1 unspecified atom stereocenters. The summed E-state index contributed by atoms with van der Waals surface area (Å²) in [6, 6.07) is 10.1. The summed E-state index contributed by atoms with van der Waals surface area (Å²) in [6.45, 7) is 4.13. The number of hydrogen-bond acceptors (Lipinski definition) is 1. The van der Waals surface area contributed by atoms with Gasteiger partial charge in [-0.3, -0.25) is 4.79 Å². The van der Waals surface area contributed by atoms with Crippen LogP contribution in [0.15, 0.2) is 30.3 Å². The van der Waals surface area contributed by atoms with E-state index in [1.54, 1.807) is 0 Å². The summed E-state index contributed by atoms with van der Waals surface area (Å²) in [5.74, 6) is 0.123. The molecule has 3 heteroatoms. The van der Waals surface area contributed by atoms with Crippen LogP contribution in [-0.4, -0.2) is 11.2 Å². The molecule has 1 N–H and O–H groups in total. The van der Waals surface area contributed by atoms with Gasteiger partial charge in [-0.1, -0.05) is 59.6 Å². The predicted molar refractivity (Wildman–Crippen MR) is 75.3 cm³/mol. The van der Waals surface area contributed by atoms with Gasteiger partial charge in [0.05, 0.1) is 5.54 Å². The first kappa shape index (κ1) is 14.2. The Labute approximate surface area is 112 Å². The first-order chi connectivity index (χ1) is 8.12. The Morgan fingerprint density at radius 2 is 2.00 bits per heavy atom. The lowest BCUT2D eigenvalue weighted by atomic mass is 9.94. The summed E-state index contributed by atoms with van der Waals surface area (Å²) in [5, 5.41) is 3.82. The fourth-order valence-corrected chi connectivity index (χ4v) is 2.16. The molecule has 0 aliphatic carbocycles. The molecule has 0 spiro atoms. The molecular formula is C14H20BrNO. The van der Waals surface area contributed by atoms with Crippen molar-refractivity contribution in [1.82, 2.24) is 5.32 Å². The van der Waals surface area contributed by atoms with Gasteiger partial charge in [-0.25, -0.2) is 0 Å². The first-order valence-corrected chi connectivity index (χ1v) is 7.17. The van der Waals surface area contributed by atoms with Crippen LogP contribution in [0.25, 0.3) is 0 Å². The molecule has 1 rings (SSSR count). The van der Waals surface area contributed by atoms with Crippen molar-refractivity contribution in [3.63, 3.8) is 0 Å². The van der Waals surface area contributed by atoms with Crippen LogP contribution in [0.4, 0.5) is 0 Å². The van der Waals surface area contributed by atoms with E-state index in [1.807, 2.05) is 37.3 Å². The second-order valence-electron chi connectivity index (χ2n) is 4.48. The Hall–Kier alpha value is -0.830. The minimum Gasteiger partial charge on any atom is -0.346 e. The Bertz CT molecular complexity index is 352. The van der Waals surface area contributed by atoms with Gasteiger partial charge >= 0.3 is 0 Å². The number of carbonyl (C=O) groups excluding carboxylic acids is 1. The van der Waals surface area contributed by atoms with Gasteiger partial charge in [0.25, 0.3) is 0 Å². The largest absolute Gasteiger partial charge is 0.346 e. The van der Waals surface area contributed by atoms with Crippen molar-refractivity contribution in [3.05, 3.63) is 35.9 Å². The molecule has 0 saturated heterocycles. The molecule has 0 bridgehead atoms. The van der Waals surface area contributed by atoms with Crippen LogP contribution < -0.4 is 5.32 Å². The minimum atomic E-state index is -0.327. The van der Waals surface area contributed by atoms with Crippen molar-refractivity contribution in [2.75, 3.05) is 5.33 Å². The maximum Gasteiger partial charge on any atom is 0.220 e. The average molecular weight is 298 g/mol. The summed E-state index contributed by atoms with van der Waals surface area (Å²) < 4.78 is 0. The van der Waals surface area contributed by atoms with Gasteiger partial charge in [0, 0.05) is 11.8 Å². The second-order valence-corrected chi connectivity index (χ2v) is 5.04. The molecule has 1 aromatic carbocycles. The van der Waals surface area contributed by atoms with Gasteiger partial charge in [-0.15, -0.1) is 0 Å². The third kappa shape index (κ3) is 4.15. The van der Waals surface area contributed by atoms with E-state index >= 15 is 0 Å². The highest BCUT2D eigenvalue weighted by Crippen LogP contribution is 2.23. The Balaban J connectivity index is 2.72. The third-order valence-corrected chi connectivity index (χ3v) is 3.97. The van der Waals surface area contributed by atoms with Crippen LogP contribution in [0.3, 0.4) is 0 Å². The zero-order valence-corrected chi connectivity index (χ0v) is 12.1. The zero-order chi connectivity index (χ0) is 12.7. The van der Waals surface area contributed by atoms with Gasteiger partial charge in [0.2, 0.25) is 5.91 Å². The molecule has 0 aliphatic heterocycles.